The van der Waals surface area contributed by atoms with Gasteiger partial charge in [-0.05, 0) is 43.8 Å². The summed E-state index contributed by atoms with van der Waals surface area (Å²) < 4.78 is 5.62. The van der Waals surface area contributed by atoms with E-state index in [0.717, 1.165) is 11.1 Å². The van der Waals surface area contributed by atoms with Crippen molar-refractivity contribution in [3.05, 3.63) is 29.7 Å². The quantitative estimate of drug-likeness (QED) is 0.919. The lowest BCUT2D eigenvalue weighted by molar-refractivity contribution is 0.143. The van der Waals surface area contributed by atoms with Crippen molar-refractivity contribution >= 4 is 11.1 Å². The molecule has 1 aromatic heterocycles. The van der Waals surface area contributed by atoms with Gasteiger partial charge in [-0.15, -0.1) is 0 Å². The third-order valence-corrected chi connectivity index (χ3v) is 3.62. The van der Waals surface area contributed by atoms with Gasteiger partial charge in [0.15, 0.2) is 11.5 Å². The summed E-state index contributed by atoms with van der Waals surface area (Å²) in [5.74, 6) is 0.701. The highest BCUT2D eigenvalue weighted by Crippen LogP contribution is 2.37. The highest BCUT2D eigenvalue weighted by Gasteiger charge is 2.31. The molecule has 4 heteroatoms. The Labute approximate surface area is 114 Å². The van der Waals surface area contributed by atoms with Gasteiger partial charge in [-0.3, -0.25) is 0 Å². The largest absolute Gasteiger partial charge is 0.441 e. The lowest BCUT2D eigenvalue weighted by atomic mass is 9.80. The molecule has 0 fully saturated rings. The zero-order chi connectivity index (χ0) is 14.2. The average Bonchev–Trinajstić information content (AvgIpc) is 2.67. The van der Waals surface area contributed by atoms with Crippen LogP contribution in [0.15, 0.2) is 22.6 Å². The maximum atomic E-state index is 5.94. The second-order valence-electron chi connectivity index (χ2n) is 6.02. The van der Waals surface area contributed by atoms with Crippen LogP contribution in [-0.2, 0) is 0 Å². The minimum absolute atomic E-state index is 0.00770. The monoisotopic (exact) mass is 261 g/mol. The van der Waals surface area contributed by atoms with Crippen LogP contribution < -0.4 is 5.73 Å². The Bertz CT molecular complexity index is 572. The molecule has 1 heterocycles. The maximum absolute atomic E-state index is 5.94. The smallest absolute Gasteiger partial charge is 0.192 e. The summed E-state index contributed by atoms with van der Waals surface area (Å²) in [5.41, 5.74) is 8.89. The van der Waals surface area contributed by atoms with Crippen LogP contribution in [0.4, 0.5) is 0 Å². The van der Waals surface area contributed by atoms with Crippen molar-refractivity contribution in [2.45, 2.75) is 26.8 Å². The van der Waals surface area contributed by atoms with Crippen LogP contribution in [0.2, 0.25) is 0 Å². The number of fused-ring (bicyclic) bond motifs is 1. The van der Waals surface area contributed by atoms with E-state index in [1.165, 1.54) is 5.56 Å². The van der Waals surface area contributed by atoms with E-state index in [1.807, 2.05) is 13.0 Å². The highest BCUT2D eigenvalue weighted by atomic mass is 16.3. The number of nitrogens with zero attached hydrogens (tertiary/aromatic N) is 2. The number of oxazole rings is 1. The summed E-state index contributed by atoms with van der Waals surface area (Å²) in [4.78, 5) is 6.54. The van der Waals surface area contributed by atoms with Crippen LogP contribution in [-0.4, -0.2) is 30.5 Å². The van der Waals surface area contributed by atoms with Crippen LogP contribution in [0.25, 0.3) is 11.1 Å². The van der Waals surface area contributed by atoms with E-state index in [9.17, 15) is 0 Å². The molecule has 0 radical (unpaired) electrons. The molecule has 0 bridgehead atoms. The second-order valence-corrected chi connectivity index (χ2v) is 6.02. The van der Waals surface area contributed by atoms with Crippen LogP contribution in [0.1, 0.15) is 31.3 Å². The molecule has 0 spiro atoms. The van der Waals surface area contributed by atoms with Gasteiger partial charge in [0, 0.05) is 13.0 Å². The van der Waals surface area contributed by atoms with Gasteiger partial charge in [-0.2, -0.15) is 0 Å². The predicted octanol–water partition coefficient (Wildman–Crippen LogP) is 2.72. The van der Waals surface area contributed by atoms with E-state index in [4.69, 9.17) is 10.2 Å². The lowest BCUT2D eigenvalue weighted by Gasteiger charge is -2.38. The van der Waals surface area contributed by atoms with Gasteiger partial charge in [0.05, 0.1) is 0 Å². The Kier molecular flexibility index (Phi) is 3.65. The van der Waals surface area contributed by atoms with Gasteiger partial charge >= 0.3 is 0 Å². The van der Waals surface area contributed by atoms with Crippen LogP contribution in [0.3, 0.4) is 0 Å². The maximum Gasteiger partial charge on any atom is 0.192 e. The molecule has 1 unspecified atom stereocenters. The lowest BCUT2D eigenvalue weighted by Crippen LogP contribution is -2.38. The van der Waals surface area contributed by atoms with E-state index in [-0.39, 0.29) is 11.5 Å². The summed E-state index contributed by atoms with van der Waals surface area (Å²) in [5, 5.41) is 0. The number of hydrogen-bond acceptors (Lipinski definition) is 4. The number of nitrogens with two attached hydrogens (primary N) is 1. The molecule has 0 saturated carbocycles. The molecule has 2 rings (SSSR count). The third kappa shape index (κ3) is 2.65. The van der Waals surface area contributed by atoms with Gasteiger partial charge in [0.1, 0.15) is 5.52 Å². The van der Waals surface area contributed by atoms with E-state index >= 15 is 0 Å². The van der Waals surface area contributed by atoms with Crippen molar-refractivity contribution in [3.8, 4) is 0 Å². The van der Waals surface area contributed by atoms with Crippen molar-refractivity contribution in [1.82, 2.24) is 9.88 Å². The Hall–Kier alpha value is -1.39. The molecular weight excluding hydrogens is 238 g/mol. The van der Waals surface area contributed by atoms with Gasteiger partial charge in [-0.1, -0.05) is 19.9 Å². The van der Waals surface area contributed by atoms with E-state index in [0.29, 0.717) is 12.4 Å². The Balaban J connectivity index is 2.50. The van der Waals surface area contributed by atoms with Gasteiger partial charge in [-0.25, -0.2) is 4.98 Å². The van der Waals surface area contributed by atoms with Gasteiger partial charge < -0.3 is 15.1 Å². The van der Waals surface area contributed by atoms with Crippen molar-refractivity contribution in [3.63, 3.8) is 0 Å². The summed E-state index contributed by atoms with van der Waals surface area (Å²) in [7, 11) is 4.16. The fourth-order valence-corrected chi connectivity index (χ4v) is 2.79. The predicted molar refractivity (Wildman–Crippen MR) is 78.0 cm³/mol. The first-order chi connectivity index (χ1) is 8.85. The number of rotatable bonds is 4. The average molecular weight is 261 g/mol. The number of aromatic nitrogens is 1. The minimum atomic E-state index is -0.00770. The topological polar surface area (TPSA) is 55.3 Å². The van der Waals surface area contributed by atoms with Crippen molar-refractivity contribution in [1.29, 1.82) is 0 Å². The first kappa shape index (κ1) is 14.0. The molecule has 1 atom stereocenters. The van der Waals surface area contributed by atoms with Crippen LogP contribution in [0.5, 0.6) is 0 Å². The molecule has 2 aromatic rings. The van der Waals surface area contributed by atoms with E-state index in [2.05, 4.69) is 50.0 Å². The number of aryl methyl sites for hydroxylation is 1. The van der Waals surface area contributed by atoms with Crippen molar-refractivity contribution < 1.29 is 4.42 Å². The molecule has 1 aromatic carbocycles. The summed E-state index contributed by atoms with van der Waals surface area (Å²) >= 11 is 0. The molecule has 2 N–H and O–H groups in total. The normalized spacial score (nSPS) is 14.3. The van der Waals surface area contributed by atoms with Crippen LogP contribution >= 0.6 is 0 Å². The fourth-order valence-electron chi connectivity index (χ4n) is 2.79. The highest BCUT2D eigenvalue weighted by molar-refractivity contribution is 5.73. The Morgan fingerprint density at radius 3 is 2.63 bits per heavy atom. The Morgan fingerprint density at radius 1 is 1.37 bits per heavy atom. The first-order valence-electron chi connectivity index (χ1n) is 6.59. The number of benzene rings is 1. The van der Waals surface area contributed by atoms with Crippen molar-refractivity contribution in [2.75, 3.05) is 20.6 Å². The molecular formula is C15H23N3O. The van der Waals surface area contributed by atoms with Gasteiger partial charge in [0.2, 0.25) is 0 Å². The standard InChI is InChI=1S/C15H23N3O/c1-10-17-12-7-6-11(8-13(12)19-10)14(18(4)5)15(2,3)9-16/h6-8,14H,9,16H2,1-5H3. The Morgan fingerprint density at radius 2 is 2.05 bits per heavy atom. The third-order valence-electron chi connectivity index (χ3n) is 3.62. The summed E-state index contributed by atoms with van der Waals surface area (Å²) in [6, 6.07) is 6.46. The van der Waals surface area contributed by atoms with Gasteiger partial charge in [0.25, 0.3) is 0 Å². The molecule has 104 valence electrons. The van der Waals surface area contributed by atoms with Crippen LogP contribution in [0, 0.1) is 12.3 Å². The molecule has 0 amide bonds. The van der Waals surface area contributed by atoms with E-state index in [1.54, 1.807) is 0 Å². The molecule has 0 aliphatic carbocycles. The molecule has 4 nitrogen and oxygen atoms in total. The van der Waals surface area contributed by atoms with Crippen molar-refractivity contribution in [2.24, 2.45) is 11.1 Å². The molecule has 0 aliphatic heterocycles. The zero-order valence-corrected chi connectivity index (χ0v) is 12.4. The molecule has 0 aliphatic rings. The first-order valence-corrected chi connectivity index (χ1v) is 6.59. The fraction of sp³-hybridized carbons (Fsp3) is 0.533. The molecule has 19 heavy (non-hydrogen) atoms. The number of hydrogen-bond donors (Lipinski definition) is 1. The summed E-state index contributed by atoms with van der Waals surface area (Å²) in [6.07, 6.45) is 0. The second kappa shape index (κ2) is 4.94. The molecule has 0 saturated heterocycles. The zero-order valence-electron chi connectivity index (χ0n) is 12.4. The van der Waals surface area contributed by atoms with E-state index < -0.39 is 0 Å². The summed E-state index contributed by atoms with van der Waals surface area (Å²) in [6.45, 7) is 6.87. The SMILES string of the molecule is Cc1nc2ccc(C(N(C)C)C(C)(C)CN)cc2o1. The minimum Gasteiger partial charge on any atom is -0.441 e.